The van der Waals surface area contributed by atoms with Gasteiger partial charge in [0.25, 0.3) is 0 Å². The predicted octanol–water partition coefficient (Wildman–Crippen LogP) is 1.65. The van der Waals surface area contributed by atoms with E-state index in [0.29, 0.717) is 17.8 Å². The Morgan fingerprint density at radius 2 is 2.33 bits per heavy atom. The first kappa shape index (κ1) is 10.1. The molecule has 0 amide bonds. The number of hydrogen-bond acceptors (Lipinski definition) is 4. The zero-order valence-electron chi connectivity index (χ0n) is 9.00. The van der Waals surface area contributed by atoms with E-state index in [1.807, 2.05) is 11.8 Å². The first-order chi connectivity index (χ1) is 7.26. The molecule has 5 heteroatoms. The second kappa shape index (κ2) is 4.00. The van der Waals surface area contributed by atoms with Crippen LogP contribution >= 0.6 is 0 Å². The molecule has 0 unspecified atom stereocenters. The van der Waals surface area contributed by atoms with Crippen LogP contribution in [-0.2, 0) is 0 Å². The second-order valence-corrected chi connectivity index (χ2v) is 3.63. The summed E-state index contributed by atoms with van der Waals surface area (Å²) in [5, 5.41) is 2.82. The fourth-order valence-corrected chi connectivity index (χ4v) is 1.65. The summed E-state index contributed by atoms with van der Waals surface area (Å²) < 4.78 is 13.5. The molecule has 0 aromatic carbocycles. The molecule has 1 saturated carbocycles. The van der Waals surface area contributed by atoms with Gasteiger partial charge in [0.15, 0.2) is 11.6 Å². The van der Waals surface area contributed by atoms with E-state index in [1.54, 1.807) is 7.05 Å². The second-order valence-electron chi connectivity index (χ2n) is 3.63. The largest absolute Gasteiger partial charge is 0.357 e. The molecule has 4 nitrogen and oxygen atoms in total. The van der Waals surface area contributed by atoms with Crippen molar-refractivity contribution in [2.45, 2.75) is 25.8 Å². The lowest BCUT2D eigenvalue weighted by Gasteiger charge is -2.21. The van der Waals surface area contributed by atoms with Crippen molar-refractivity contribution in [1.82, 2.24) is 9.97 Å². The molecule has 82 valence electrons. The third-order valence-electron chi connectivity index (χ3n) is 2.55. The average Bonchev–Trinajstić information content (AvgIpc) is 3.06. The molecular formula is C10H15FN4. The SMILES string of the molecule is CCN(c1nc(NC)ncc1F)C1CC1. The number of aromatic nitrogens is 2. The number of rotatable bonds is 4. The van der Waals surface area contributed by atoms with Crippen LogP contribution in [0.3, 0.4) is 0 Å². The Labute approximate surface area is 88.5 Å². The van der Waals surface area contributed by atoms with Gasteiger partial charge in [-0.25, -0.2) is 9.37 Å². The van der Waals surface area contributed by atoms with E-state index < -0.39 is 0 Å². The molecule has 1 aromatic heterocycles. The van der Waals surface area contributed by atoms with Crippen LogP contribution in [0.5, 0.6) is 0 Å². The fourth-order valence-electron chi connectivity index (χ4n) is 1.65. The molecule has 0 saturated heterocycles. The molecule has 2 rings (SSSR count). The maximum atomic E-state index is 13.5. The number of halogens is 1. The van der Waals surface area contributed by atoms with Crippen LogP contribution in [-0.4, -0.2) is 29.6 Å². The Morgan fingerprint density at radius 1 is 1.60 bits per heavy atom. The van der Waals surface area contributed by atoms with Gasteiger partial charge in [-0.2, -0.15) is 4.98 Å². The van der Waals surface area contributed by atoms with Crippen LogP contribution < -0.4 is 10.2 Å². The number of nitrogens with one attached hydrogen (secondary N) is 1. The summed E-state index contributed by atoms with van der Waals surface area (Å²) in [6.07, 6.45) is 3.48. The molecule has 0 bridgehead atoms. The summed E-state index contributed by atoms with van der Waals surface area (Å²) in [5.74, 6) is 0.535. The average molecular weight is 210 g/mol. The zero-order valence-corrected chi connectivity index (χ0v) is 9.00. The molecule has 0 aliphatic heterocycles. The maximum absolute atomic E-state index is 13.5. The van der Waals surface area contributed by atoms with Crippen LogP contribution in [0.2, 0.25) is 0 Å². The van der Waals surface area contributed by atoms with Crippen molar-refractivity contribution >= 4 is 11.8 Å². The molecule has 0 atom stereocenters. The number of nitrogens with zero attached hydrogens (tertiary/aromatic N) is 3. The van der Waals surface area contributed by atoms with E-state index in [2.05, 4.69) is 15.3 Å². The lowest BCUT2D eigenvalue weighted by Crippen LogP contribution is -2.27. The smallest absolute Gasteiger partial charge is 0.224 e. The highest BCUT2D eigenvalue weighted by Crippen LogP contribution is 2.31. The minimum absolute atomic E-state index is 0.345. The zero-order chi connectivity index (χ0) is 10.8. The molecule has 1 N–H and O–H groups in total. The van der Waals surface area contributed by atoms with E-state index in [0.717, 1.165) is 19.4 Å². The van der Waals surface area contributed by atoms with Crippen molar-refractivity contribution in [3.8, 4) is 0 Å². The van der Waals surface area contributed by atoms with Crippen LogP contribution in [0.4, 0.5) is 16.2 Å². The van der Waals surface area contributed by atoms with Crippen LogP contribution in [0, 0.1) is 5.82 Å². The first-order valence-electron chi connectivity index (χ1n) is 5.23. The minimum Gasteiger partial charge on any atom is -0.357 e. The van der Waals surface area contributed by atoms with Crippen molar-refractivity contribution in [1.29, 1.82) is 0 Å². The van der Waals surface area contributed by atoms with Crippen molar-refractivity contribution in [3.63, 3.8) is 0 Å². The summed E-state index contributed by atoms with van der Waals surface area (Å²) >= 11 is 0. The highest BCUT2D eigenvalue weighted by molar-refractivity contribution is 5.45. The molecular weight excluding hydrogens is 195 g/mol. The molecule has 0 radical (unpaired) electrons. The van der Waals surface area contributed by atoms with Gasteiger partial charge in [0, 0.05) is 19.6 Å². The van der Waals surface area contributed by atoms with Gasteiger partial charge < -0.3 is 10.2 Å². The third-order valence-corrected chi connectivity index (χ3v) is 2.55. The Balaban J connectivity index is 2.31. The van der Waals surface area contributed by atoms with E-state index in [9.17, 15) is 4.39 Å². The fraction of sp³-hybridized carbons (Fsp3) is 0.600. The molecule has 1 aliphatic carbocycles. The predicted molar refractivity (Wildman–Crippen MR) is 57.6 cm³/mol. The highest BCUT2D eigenvalue weighted by atomic mass is 19.1. The highest BCUT2D eigenvalue weighted by Gasteiger charge is 2.30. The summed E-state index contributed by atoms with van der Waals surface area (Å²) in [4.78, 5) is 9.98. The summed E-state index contributed by atoms with van der Waals surface area (Å²) in [5.41, 5.74) is 0. The van der Waals surface area contributed by atoms with Gasteiger partial charge in [0.1, 0.15) is 0 Å². The van der Waals surface area contributed by atoms with Gasteiger partial charge >= 0.3 is 0 Å². The molecule has 1 aromatic rings. The number of anilines is 2. The van der Waals surface area contributed by atoms with Crippen LogP contribution in [0.1, 0.15) is 19.8 Å². The van der Waals surface area contributed by atoms with Gasteiger partial charge in [-0.1, -0.05) is 0 Å². The van der Waals surface area contributed by atoms with Crippen LogP contribution in [0.25, 0.3) is 0 Å². The maximum Gasteiger partial charge on any atom is 0.224 e. The van der Waals surface area contributed by atoms with Crippen molar-refractivity contribution < 1.29 is 4.39 Å². The molecule has 1 heterocycles. The molecule has 15 heavy (non-hydrogen) atoms. The topological polar surface area (TPSA) is 41.1 Å². The van der Waals surface area contributed by atoms with Gasteiger partial charge in [-0.15, -0.1) is 0 Å². The van der Waals surface area contributed by atoms with Gasteiger partial charge in [-0.05, 0) is 19.8 Å². The van der Waals surface area contributed by atoms with Gasteiger partial charge in [-0.3, -0.25) is 0 Å². The van der Waals surface area contributed by atoms with Crippen molar-refractivity contribution in [3.05, 3.63) is 12.0 Å². The van der Waals surface area contributed by atoms with Crippen molar-refractivity contribution in [2.75, 3.05) is 23.8 Å². The van der Waals surface area contributed by atoms with Gasteiger partial charge in [0.05, 0.1) is 6.20 Å². The standard InChI is InChI=1S/C10H15FN4/c1-3-15(7-4-5-7)9-8(11)6-13-10(12-2)14-9/h6-7H,3-5H2,1-2H3,(H,12,13,14). The first-order valence-corrected chi connectivity index (χ1v) is 5.23. The Kier molecular flexibility index (Phi) is 2.70. The normalized spacial score (nSPS) is 15.1. The van der Waals surface area contributed by atoms with E-state index in [4.69, 9.17) is 0 Å². The van der Waals surface area contributed by atoms with E-state index >= 15 is 0 Å². The van der Waals surface area contributed by atoms with E-state index in [1.165, 1.54) is 6.20 Å². The minimum atomic E-state index is -0.345. The monoisotopic (exact) mass is 210 g/mol. The lowest BCUT2D eigenvalue weighted by molar-refractivity contribution is 0.602. The Hall–Kier alpha value is -1.39. The number of hydrogen-bond donors (Lipinski definition) is 1. The quantitative estimate of drug-likeness (QED) is 0.820. The Morgan fingerprint density at radius 3 is 2.87 bits per heavy atom. The molecule has 1 aliphatic rings. The summed E-state index contributed by atoms with van der Waals surface area (Å²) in [7, 11) is 1.73. The molecule has 1 fully saturated rings. The van der Waals surface area contributed by atoms with Gasteiger partial charge in [0.2, 0.25) is 5.95 Å². The summed E-state index contributed by atoms with van der Waals surface area (Å²) in [6.45, 7) is 2.79. The van der Waals surface area contributed by atoms with Crippen LogP contribution in [0.15, 0.2) is 6.20 Å². The lowest BCUT2D eigenvalue weighted by atomic mass is 10.4. The summed E-state index contributed by atoms with van der Waals surface area (Å²) in [6, 6.07) is 0.462. The third kappa shape index (κ3) is 2.00. The Bertz CT molecular complexity index is 351. The molecule has 0 spiro atoms. The van der Waals surface area contributed by atoms with E-state index in [-0.39, 0.29) is 5.82 Å². The van der Waals surface area contributed by atoms with Crippen molar-refractivity contribution in [2.24, 2.45) is 0 Å².